The molecule has 0 atom stereocenters. The zero-order valence-electron chi connectivity index (χ0n) is 12.6. The summed E-state index contributed by atoms with van der Waals surface area (Å²) in [6, 6.07) is 2.10. The smallest absolute Gasteiger partial charge is 0.248 e. The molecule has 6 heteroatoms. The Kier molecular flexibility index (Phi) is 5.14. The van der Waals surface area contributed by atoms with Crippen LogP contribution in [0.15, 0.2) is 6.07 Å². The molecule has 1 aliphatic heterocycles. The van der Waals surface area contributed by atoms with Gasteiger partial charge in [0.05, 0.1) is 12.2 Å². The second-order valence-corrected chi connectivity index (χ2v) is 5.31. The zero-order valence-corrected chi connectivity index (χ0v) is 12.6. The van der Waals surface area contributed by atoms with E-state index in [-0.39, 0.29) is 12.5 Å². The molecule has 0 unspecified atom stereocenters. The molecule has 1 aliphatic rings. The lowest BCUT2D eigenvalue weighted by atomic mass is 10.3. The van der Waals surface area contributed by atoms with E-state index in [1.807, 2.05) is 11.8 Å². The molecule has 2 rings (SSSR count). The van der Waals surface area contributed by atoms with Crippen molar-refractivity contribution in [2.24, 2.45) is 0 Å². The van der Waals surface area contributed by atoms with Gasteiger partial charge in [0.15, 0.2) is 0 Å². The van der Waals surface area contributed by atoms with Crippen LogP contribution in [-0.2, 0) is 16.1 Å². The van der Waals surface area contributed by atoms with Crippen molar-refractivity contribution in [3.05, 3.63) is 17.5 Å². The van der Waals surface area contributed by atoms with Crippen LogP contribution in [0.4, 0.5) is 0 Å². The molecule has 1 aromatic heterocycles. The maximum absolute atomic E-state index is 11.7. The van der Waals surface area contributed by atoms with Crippen molar-refractivity contribution in [1.29, 1.82) is 0 Å². The van der Waals surface area contributed by atoms with E-state index >= 15 is 0 Å². The molecule has 20 heavy (non-hydrogen) atoms. The number of carbonyl (C=O) groups is 1. The number of carbonyl (C=O) groups excluding carboxylic acids is 1. The summed E-state index contributed by atoms with van der Waals surface area (Å²) in [5, 5.41) is 4.47. The third-order valence-corrected chi connectivity index (χ3v) is 3.72. The highest BCUT2D eigenvalue weighted by molar-refractivity contribution is 5.77. The van der Waals surface area contributed by atoms with Gasteiger partial charge in [-0.3, -0.25) is 14.4 Å². The number of nitrogens with zero attached hydrogens (tertiary/aromatic N) is 4. The van der Waals surface area contributed by atoms with Gasteiger partial charge >= 0.3 is 0 Å². The molecule has 6 nitrogen and oxygen atoms in total. The van der Waals surface area contributed by atoms with Crippen LogP contribution in [-0.4, -0.2) is 71.9 Å². The minimum absolute atomic E-state index is 0.0886. The predicted molar refractivity (Wildman–Crippen MR) is 76.6 cm³/mol. The van der Waals surface area contributed by atoms with Gasteiger partial charge in [0.25, 0.3) is 0 Å². The van der Waals surface area contributed by atoms with Gasteiger partial charge in [0.2, 0.25) is 5.91 Å². The average molecular weight is 280 g/mol. The van der Waals surface area contributed by atoms with E-state index < -0.39 is 0 Å². The van der Waals surface area contributed by atoms with Crippen molar-refractivity contribution < 1.29 is 9.53 Å². The highest BCUT2D eigenvalue weighted by Crippen LogP contribution is 2.05. The topological polar surface area (TPSA) is 50.6 Å². The number of hydrogen-bond acceptors (Lipinski definition) is 4. The summed E-state index contributed by atoms with van der Waals surface area (Å²) in [5.41, 5.74) is 2.27. The summed E-state index contributed by atoms with van der Waals surface area (Å²) in [4.78, 5) is 16.0. The van der Waals surface area contributed by atoms with E-state index in [0.717, 1.165) is 45.0 Å². The minimum atomic E-state index is 0.0886. The Labute approximate surface area is 120 Å². The predicted octanol–water partition coefficient (Wildman–Crippen LogP) is 0.291. The van der Waals surface area contributed by atoms with Crippen LogP contribution in [0, 0.1) is 13.8 Å². The molecular weight excluding hydrogens is 256 g/mol. The summed E-state index contributed by atoms with van der Waals surface area (Å²) < 4.78 is 6.94. The lowest BCUT2D eigenvalue weighted by Crippen LogP contribution is -2.50. The van der Waals surface area contributed by atoms with Gasteiger partial charge in [-0.15, -0.1) is 0 Å². The van der Waals surface area contributed by atoms with Crippen molar-refractivity contribution >= 4 is 5.91 Å². The van der Waals surface area contributed by atoms with E-state index in [1.165, 1.54) is 5.69 Å². The molecule has 1 aromatic rings. The number of methoxy groups -OCH3 is 1. The monoisotopic (exact) mass is 280 g/mol. The van der Waals surface area contributed by atoms with Crippen molar-refractivity contribution in [1.82, 2.24) is 19.6 Å². The molecule has 1 fully saturated rings. The van der Waals surface area contributed by atoms with E-state index in [9.17, 15) is 4.79 Å². The Hall–Kier alpha value is -1.40. The summed E-state index contributed by atoms with van der Waals surface area (Å²) in [7, 11) is 1.56. The lowest BCUT2D eigenvalue weighted by molar-refractivity contribution is -0.136. The van der Waals surface area contributed by atoms with Crippen LogP contribution in [0.2, 0.25) is 0 Å². The largest absolute Gasteiger partial charge is 0.375 e. The summed E-state index contributed by atoms with van der Waals surface area (Å²) in [6.07, 6.45) is 0. The van der Waals surface area contributed by atoms with Crippen LogP contribution in [0.5, 0.6) is 0 Å². The first-order valence-electron chi connectivity index (χ1n) is 7.10. The minimum Gasteiger partial charge on any atom is -0.375 e. The van der Waals surface area contributed by atoms with Crippen LogP contribution >= 0.6 is 0 Å². The number of piperazine rings is 1. The first-order valence-corrected chi connectivity index (χ1v) is 7.10. The zero-order chi connectivity index (χ0) is 14.5. The van der Waals surface area contributed by atoms with E-state index in [4.69, 9.17) is 4.74 Å². The first-order chi connectivity index (χ1) is 9.60. The second kappa shape index (κ2) is 6.85. The molecule has 0 N–H and O–H groups in total. The Morgan fingerprint density at radius 2 is 1.95 bits per heavy atom. The van der Waals surface area contributed by atoms with Gasteiger partial charge in [-0.2, -0.15) is 5.10 Å². The summed E-state index contributed by atoms with van der Waals surface area (Å²) in [5.74, 6) is 0.0886. The van der Waals surface area contributed by atoms with E-state index in [0.29, 0.717) is 0 Å². The number of aryl methyl sites for hydroxylation is 2. The number of hydrogen-bond donors (Lipinski definition) is 0. The number of rotatable bonds is 5. The van der Waals surface area contributed by atoms with E-state index in [1.54, 1.807) is 7.11 Å². The Morgan fingerprint density at radius 1 is 1.25 bits per heavy atom. The molecule has 0 aromatic carbocycles. The third-order valence-electron chi connectivity index (χ3n) is 3.72. The fourth-order valence-corrected chi connectivity index (χ4v) is 2.57. The molecule has 1 saturated heterocycles. The van der Waals surface area contributed by atoms with Crippen LogP contribution in [0.25, 0.3) is 0 Å². The van der Waals surface area contributed by atoms with Crippen molar-refractivity contribution in [2.45, 2.75) is 20.4 Å². The molecule has 0 bridgehead atoms. The fraction of sp³-hybridized carbons (Fsp3) is 0.714. The number of aromatic nitrogens is 2. The first kappa shape index (κ1) is 15.0. The molecule has 112 valence electrons. The Morgan fingerprint density at radius 3 is 2.50 bits per heavy atom. The quantitative estimate of drug-likeness (QED) is 0.778. The van der Waals surface area contributed by atoms with Crippen LogP contribution in [0.1, 0.15) is 11.4 Å². The lowest BCUT2D eigenvalue weighted by Gasteiger charge is -2.34. The molecule has 0 aliphatic carbocycles. The summed E-state index contributed by atoms with van der Waals surface area (Å²) in [6.45, 7) is 9.61. The molecule has 2 heterocycles. The standard InChI is InChI=1S/C14H24N4O2/c1-12-10-13(2)18(15-12)9-6-16-4-7-17(8-5-16)14(19)11-20-3/h10H,4-9,11H2,1-3H3. The number of amides is 1. The van der Waals surface area contributed by atoms with Gasteiger partial charge in [-0.1, -0.05) is 0 Å². The van der Waals surface area contributed by atoms with Gasteiger partial charge in [-0.05, 0) is 19.9 Å². The molecular formula is C14H24N4O2. The second-order valence-electron chi connectivity index (χ2n) is 5.31. The molecule has 0 spiro atoms. The van der Waals surface area contributed by atoms with Gasteiger partial charge < -0.3 is 9.64 Å². The van der Waals surface area contributed by atoms with Gasteiger partial charge in [0.1, 0.15) is 6.61 Å². The average Bonchev–Trinajstić information content (AvgIpc) is 2.75. The number of ether oxygens (including phenoxy) is 1. The summed E-state index contributed by atoms with van der Waals surface area (Å²) >= 11 is 0. The van der Waals surface area contributed by atoms with Crippen LogP contribution < -0.4 is 0 Å². The molecule has 0 saturated carbocycles. The SMILES string of the molecule is COCC(=O)N1CCN(CCn2nc(C)cc2C)CC1. The third kappa shape index (κ3) is 3.80. The van der Waals surface area contributed by atoms with Gasteiger partial charge in [0, 0.05) is 45.5 Å². The van der Waals surface area contributed by atoms with Crippen molar-refractivity contribution in [3.8, 4) is 0 Å². The maximum Gasteiger partial charge on any atom is 0.248 e. The van der Waals surface area contributed by atoms with Gasteiger partial charge in [-0.25, -0.2) is 0 Å². The van der Waals surface area contributed by atoms with Crippen molar-refractivity contribution in [3.63, 3.8) is 0 Å². The normalized spacial score (nSPS) is 16.6. The Balaban J connectivity index is 1.74. The Bertz CT molecular complexity index is 450. The molecule has 1 amide bonds. The maximum atomic E-state index is 11.7. The fourth-order valence-electron chi connectivity index (χ4n) is 2.57. The highest BCUT2D eigenvalue weighted by Gasteiger charge is 2.20. The highest BCUT2D eigenvalue weighted by atomic mass is 16.5. The van der Waals surface area contributed by atoms with E-state index in [2.05, 4.69) is 27.7 Å². The molecule has 0 radical (unpaired) electrons. The van der Waals surface area contributed by atoms with Crippen LogP contribution in [0.3, 0.4) is 0 Å². The van der Waals surface area contributed by atoms with Crippen molar-refractivity contribution in [2.75, 3.05) is 46.4 Å².